The van der Waals surface area contributed by atoms with Crippen LogP contribution in [0, 0.1) is 0 Å². The zero-order valence-corrected chi connectivity index (χ0v) is 26.9. The fraction of sp³-hybridized carbons (Fsp3) is 0.0417. The fourth-order valence-electron chi connectivity index (χ4n) is 8.21. The summed E-state index contributed by atoms with van der Waals surface area (Å²) < 4.78 is 6.52. The van der Waals surface area contributed by atoms with Gasteiger partial charge in [-0.1, -0.05) is 164 Å². The number of furan rings is 1. The van der Waals surface area contributed by atoms with Crippen LogP contribution in [0.1, 0.15) is 29.2 Å². The minimum Gasteiger partial charge on any atom is -0.460 e. The van der Waals surface area contributed by atoms with E-state index < -0.39 is 0 Å². The summed E-state index contributed by atoms with van der Waals surface area (Å²) in [4.78, 5) is 0. The third-order valence-electron chi connectivity index (χ3n) is 10.4. The van der Waals surface area contributed by atoms with Crippen molar-refractivity contribution in [3.05, 3.63) is 187 Å². The molecule has 1 aliphatic carbocycles. The first-order valence-corrected chi connectivity index (χ1v) is 17.1. The van der Waals surface area contributed by atoms with Crippen molar-refractivity contribution in [3.8, 4) is 33.4 Å². The van der Waals surface area contributed by atoms with Crippen LogP contribution in [0.25, 0.3) is 82.7 Å². The molecule has 0 fully saturated rings. The van der Waals surface area contributed by atoms with Crippen LogP contribution in [0.4, 0.5) is 0 Å². The Morgan fingerprint density at radius 1 is 0.449 bits per heavy atom. The second-order valence-electron chi connectivity index (χ2n) is 13.1. The number of para-hydroxylation sites is 1. The van der Waals surface area contributed by atoms with Crippen LogP contribution in [0.15, 0.2) is 174 Å². The van der Waals surface area contributed by atoms with Gasteiger partial charge in [-0.3, -0.25) is 0 Å². The summed E-state index contributed by atoms with van der Waals surface area (Å²) in [5.74, 6) is 1.23. The Kier molecular flexibility index (Phi) is 6.38. The van der Waals surface area contributed by atoms with Crippen LogP contribution in [0.5, 0.6) is 0 Å². The Balaban J connectivity index is 1.16. The quantitative estimate of drug-likeness (QED) is 0.178. The van der Waals surface area contributed by atoms with Crippen molar-refractivity contribution in [1.29, 1.82) is 0 Å². The van der Waals surface area contributed by atoms with Crippen LogP contribution < -0.4 is 0 Å². The van der Waals surface area contributed by atoms with E-state index in [1.807, 2.05) is 0 Å². The zero-order valence-electron chi connectivity index (χ0n) is 26.9. The lowest BCUT2D eigenvalue weighted by molar-refractivity contribution is 0.517. The summed E-state index contributed by atoms with van der Waals surface area (Å²) >= 11 is 0. The molecule has 0 radical (unpaired) electrons. The van der Waals surface area contributed by atoms with E-state index in [4.69, 9.17) is 4.42 Å². The van der Waals surface area contributed by atoms with Crippen molar-refractivity contribution in [2.45, 2.75) is 12.3 Å². The number of fused-ring (bicyclic) bond motifs is 6. The molecule has 10 rings (SSSR count). The molecule has 1 unspecified atom stereocenters. The summed E-state index contributed by atoms with van der Waals surface area (Å²) in [6.07, 6.45) is 5.45. The summed E-state index contributed by atoms with van der Waals surface area (Å²) in [6.45, 7) is 0. The van der Waals surface area contributed by atoms with Crippen molar-refractivity contribution in [1.82, 2.24) is 0 Å². The van der Waals surface area contributed by atoms with Gasteiger partial charge in [0.2, 0.25) is 0 Å². The number of allylic oxidation sites excluding steroid dienone is 1. The zero-order chi connectivity index (χ0) is 32.3. The Morgan fingerprint density at radius 2 is 1.00 bits per heavy atom. The molecule has 49 heavy (non-hydrogen) atoms. The van der Waals surface area contributed by atoms with Crippen LogP contribution in [0.3, 0.4) is 0 Å². The average Bonchev–Trinajstić information content (AvgIpc) is 3.56. The van der Waals surface area contributed by atoms with Gasteiger partial charge in [0, 0.05) is 16.9 Å². The van der Waals surface area contributed by atoms with Crippen molar-refractivity contribution < 1.29 is 4.42 Å². The highest BCUT2D eigenvalue weighted by molar-refractivity contribution is 6.21. The molecule has 1 aliphatic rings. The first-order valence-electron chi connectivity index (χ1n) is 17.1. The van der Waals surface area contributed by atoms with Crippen molar-refractivity contribution >= 4 is 49.4 Å². The lowest BCUT2D eigenvalue weighted by atomic mass is 9.83. The Bertz CT molecular complexity index is 2700. The van der Waals surface area contributed by atoms with E-state index in [9.17, 15) is 0 Å². The number of benzene rings is 8. The van der Waals surface area contributed by atoms with Gasteiger partial charge in [-0.15, -0.1) is 0 Å². The van der Waals surface area contributed by atoms with Crippen molar-refractivity contribution in [3.63, 3.8) is 0 Å². The second kappa shape index (κ2) is 11.2. The smallest absolute Gasteiger partial charge is 0.134 e. The molecule has 0 saturated carbocycles. The van der Waals surface area contributed by atoms with Crippen LogP contribution in [-0.4, -0.2) is 0 Å². The van der Waals surface area contributed by atoms with Crippen LogP contribution in [-0.2, 0) is 0 Å². The SMILES string of the molecule is C1=Cc2c(oc3ccccc23)C(c2cccc(-c3c4ccccc4c(-c4cccc(-c5cccc6ccccc56)c4)c4ccccc34)c2)C1. The Hall–Kier alpha value is -6.18. The third kappa shape index (κ3) is 4.47. The molecule has 1 heteroatoms. The first-order chi connectivity index (χ1) is 24.3. The predicted octanol–water partition coefficient (Wildman–Crippen LogP) is 13.4. The van der Waals surface area contributed by atoms with Crippen molar-refractivity contribution in [2.75, 3.05) is 0 Å². The molecule has 0 spiro atoms. The lowest BCUT2D eigenvalue weighted by Gasteiger charge is -2.21. The molecular weight excluding hydrogens is 593 g/mol. The molecule has 230 valence electrons. The minimum atomic E-state index is 0.168. The standard InChI is InChI=1S/C48H32O/c1-2-19-36-31(13-1)14-11-25-37(36)32-15-9-17-34(29-32)46-40-21-3-5-23-42(40)47(43-24-6-4-22-41(43)46)35-18-10-16-33(30-35)38-26-12-27-44-39-20-7-8-28-45(39)49-48(38)44/h1-25,27-30,38H,26H2. The predicted molar refractivity (Wildman–Crippen MR) is 207 cm³/mol. The molecule has 1 nitrogen and oxygen atoms in total. The third-order valence-corrected chi connectivity index (χ3v) is 10.4. The van der Waals surface area contributed by atoms with Gasteiger partial charge < -0.3 is 4.42 Å². The molecule has 0 saturated heterocycles. The molecule has 0 N–H and O–H groups in total. The molecule has 0 bridgehead atoms. The van der Waals surface area contributed by atoms with E-state index >= 15 is 0 Å². The highest BCUT2D eigenvalue weighted by Gasteiger charge is 2.26. The minimum absolute atomic E-state index is 0.168. The average molecular weight is 625 g/mol. The number of hydrogen-bond acceptors (Lipinski definition) is 1. The van der Waals surface area contributed by atoms with Crippen LogP contribution >= 0.6 is 0 Å². The number of hydrogen-bond donors (Lipinski definition) is 0. The summed E-state index contributed by atoms with van der Waals surface area (Å²) in [7, 11) is 0. The van der Waals surface area contributed by atoms with Gasteiger partial charge in [0.1, 0.15) is 11.3 Å². The Labute approximate surface area is 285 Å². The molecular formula is C48H32O. The highest BCUT2D eigenvalue weighted by atomic mass is 16.3. The van der Waals surface area contributed by atoms with E-state index in [1.165, 1.54) is 82.2 Å². The molecule has 1 aromatic heterocycles. The summed E-state index contributed by atoms with van der Waals surface area (Å²) in [5.41, 5.74) is 10.9. The summed E-state index contributed by atoms with van der Waals surface area (Å²) in [5, 5.41) is 8.76. The maximum absolute atomic E-state index is 6.52. The summed E-state index contributed by atoms with van der Waals surface area (Å²) in [6, 6.07) is 59.8. The highest BCUT2D eigenvalue weighted by Crippen LogP contribution is 2.46. The van der Waals surface area contributed by atoms with Crippen molar-refractivity contribution in [2.24, 2.45) is 0 Å². The lowest BCUT2D eigenvalue weighted by Crippen LogP contribution is -2.04. The second-order valence-corrected chi connectivity index (χ2v) is 13.1. The van der Waals surface area contributed by atoms with E-state index in [2.05, 4.69) is 176 Å². The topological polar surface area (TPSA) is 13.1 Å². The fourth-order valence-corrected chi connectivity index (χ4v) is 8.21. The number of rotatable bonds is 4. The van der Waals surface area contributed by atoms with E-state index in [0.29, 0.717) is 0 Å². The monoisotopic (exact) mass is 624 g/mol. The first kappa shape index (κ1) is 27.9. The van der Waals surface area contributed by atoms with Gasteiger partial charge in [-0.2, -0.15) is 0 Å². The van der Waals surface area contributed by atoms with Gasteiger partial charge in [-0.25, -0.2) is 0 Å². The van der Waals surface area contributed by atoms with E-state index in [1.54, 1.807) is 0 Å². The maximum atomic E-state index is 6.52. The molecule has 8 aromatic carbocycles. The Morgan fingerprint density at radius 3 is 1.73 bits per heavy atom. The maximum Gasteiger partial charge on any atom is 0.134 e. The molecule has 1 atom stereocenters. The molecule has 0 aliphatic heterocycles. The molecule has 1 heterocycles. The van der Waals surface area contributed by atoms with Gasteiger partial charge in [0.15, 0.2) is 0 Å². The van der Waals surface area contributed by atoms with Crippen LogP contribution in [0.2, 0.25) is 0 Å². The van der Waals surface area contributed by atoms with E-state index in [-0.39, 0.29) is 5.92 Å². The van der Waals surface area contributed by atoms with Gasteiger partial charge >= 0.3 is 0 Å². The largest absolute Gasteiger partial charge is 0.460 e. The normalized spacial score (nSPS) is 14.2. The van der Waals surface area contributed by atoms with E-state index in [0.717, 1.165) is 17.8 Å². The van der Waals surface area contributed by atoms with Gasteiger partial charge in [-0.05, 0) is 89.8 Å². The van der Waals surface area contributed by atoms with Gasteiger partial charge in [0.25, 0.3) is 0 Å². The molecule has 9 aromatic rings. The molecule has 0 amide bonds. The van der Waals surface area contributed by atoms with Gasteiger partial charge in [0.05, 0.1) is 0 Å².